The van der Waals surface area contributed by atoms with Gasteiger partial charge in [0.2, 0.25) is 0 Å². The van der Waals surface area contributed by atoms with Gasteiger partial charge in [0.05, 0.1) is 11.7 Å². The molecular formula is C11H18O3. The largest absolute Gasteiger partial charge is 0.388 e. The molecule has 1 N–H and O–H groups in total. The monoisotopic (exact) mass is 198 g/mol. The SMILES string of the molecule is CC(C)[C@@H]1C[C@@H]2O[C@@H](OC23CC3)[C@H]1O. The molecule has 3 rings (SSSR count). The molecule has 2 bridgehead atoms. The van der Waals surface area contributed by atoms with Crippen molar-refractivity contribution in [3.8, 4) is 0 Å². The third-order valence-electron chi connectivity index (χ3n) is 4.04. The lowest BCUT2D eigenvalue weighted by Crippen LogP contribution is -2.42. The fraction of sp³-hybridized carbons (Fsp3) is 1.00. The van der Waals surface area contributed by atoms with Crippen molar-refractivity contribution in [2.75, 3.05) is 0 Å². The van der Waals surface area contributed by atoms with Crippen molar-refractivity contribution in [1.82, 2.24) is 0 Å². The van der Waals surface area contributed by atoms with Crippen LogP contribution < -0.4 is 0 Å². The van der Waals surface area contributed by atoms with Crippen molar-refractivity contribution in [1.29, 1.82) is 0 Å². The maximum atomic E-state index is 10.0. The Morgan fingerprint density at radius 1 is 1.36 bits per heavy atom. The molecule has 2 heterocycles. The third-order valence-corrected chi connectivity index (χ3v) is 4.04. The van der Waals surface area contributed by atoms with E-state index < -0.39 is 6.10 Å². The number of rotatable bonds is 1. The molecule has 0 aromatic carbocycles. The number of fused-ring (bicyclic) bond motifs is 3. The summed E-state index contributed by atoms with van der Waals surface area (Å²) in [6, 6.07) is 0. The summed E-state index contributed by atoms with van der Waals surface area (Å²) in [4.78, 5) is 0. The zero-order valence-corrected chi connectivity index (χ0v) is 8.77. The molecule has 3 fully saturated rings. The maximum absolute atomic E-state index is 10.0. The lowest BCUT2D eigenvalue weighted by atomic mass is 9.83. The van der Waals surface area contributed by atoms with Gasteiger partial charge in [-0.15, -0.1) is 0 Å². The van der Waals surface area contributed by atoms with Crippen LogP contribution in [0.4, 0.5) is 0 Å². The van der Waals surface area contributed by atoms with Crippen LogP contribution in [0.5, 0.6) is 0 Å². The van der Waals surface area contributed by atoms with Gasteiger partial charge >= 0.3 is 0 Å². The van der Waals surface area contributed by atoms with Crippen LogP contribution in [0.25, 0.3) is 0 Å². The predicted octanol–water partition coefficient (Wildman–Crippen LogP) is 1.30. The van der Waals surface area contributed by atoms with E-state index in [0.29, 0.717) is 11.8 Å². The standard InChI is InChI=1S/C11H18O3/c1-6(2)7-5-8-11(3-4-11)14-10(13-8)9(7)12/h6-10,12H,3-5H2,1-2H3/t7-,8-,9-,10-/m0/s1. The number of hydrogen-bond acceptors (Lipinski definition) is 3. The van der Waals surface area contributed by atoms with Gasteiger partial charge in [0.25, 0.3) is 0 Å². The normalized spacial score (nSPS) is 48.9. The molecular weight excluding hydrogens is 180 g/mol. The molecule has 3 heteroatoms. The van der Waals surface area contributed by atoms with Crippen LogP contribution in [-0.4, -0.2) is 29.2 Å². The first kappa shape index (κ1) is 9.13. The summed E-state index contributed by atoms with van der Waals surface area (Å²) in [5, 5.41) is 10.0. The van der Waals surface area contributed by atoms with Gasteiger partial charge in [-0.3, -0.25) is 0 Å². The number of hydrogen-bond donors (Lipinski definition) is 1. The summed E-state index contributed by atoms with van der Waals surface area (Å²) >= 11 is 0. The second-order valence-electron chi connectivity index (χ2n) is 5.31. The van der Waals surface area contributed by atoms with E-state index in [4.69, 9.17) is 9.47 Å². The predicted molar refractivity (Wildman–Crippen MR) is 50.7 cm³/mol. The first-order valence-corrected chi connectivity index (χ1v) is 5.64. The molecule has 80 valence electrons. The summed E-state index contributed by atoms with van der Waals surface area (Å²) in [6.07, 6.45) is 2.69. The molecule has 0 radical (unpaired) electrons. The van der Waals surface area contributed by atoms with Gasteiger partial charge in [0.1, 0.15) is 6.10 Å². The van der Waals surface area contributed by atoms with Crippen molar-refractivity contribution < 1.29 is 14.6 Å². The van der Waals surface area contributed by atoms with Crippen molar-refractivity contribution in [2.24, 2.45) is 11.8 Å². The molecule has 0 unspecified atom stereocenters. The highest BCUT2D eigenvalue weighted by molar-refractivity contribution is 5.09. The van der Waals surface area contributed by atoms with Crippen LogP contribution in [0.1, 0.15) is 33.1 Å². The fourth-order valence-electron chi connectivity index (χ4n) is 2.86. The van der Waals surface area contributed by atoms with E-state index in [0.717, 1.165) is 19.3 Å². The van der Waals surface area contributed by atoms with E-state index in [2.05, 4.69) is 13.8 Å². The van der Waals surface area contributed by atoms with Crippen molar-refractivity contribution >= 4 is 0 Å². The highest BCUT2D eigenvalue weighted by atomic mass is 16.8. The summed E-state index contributed by atoms with van der Waals surface area (Å²) in [5.41, 5.74) is 0.00921. The van der Waals surface area contributed by atoms with Gasteiger partial charge < -0.3 is 14.6 Å². The van der Waals surface area contributed by atoms with E-state index in [1.54, 1.807) is 0 Å². The molecule has 0 amide bonds. The third kappa shape index (κ3) is 1.09. The lowest BCUT2D eigenvalue weighted by Gasteiger charge is -2.34. The Bertz CT molecular complexity index is 247. The Hall–Kier alpha value is -0.120. The van der Waals surface area contributed by atoms with Gasteiger partial charge in [-0.2, -0.15) is 0 Å². The summed E-state index contributed by atoms with van der Waals surface area (Å²) in [5.74, 6) is 0.857. The van der Waals surface area contributed by atoms with Crippen LogP contribution >= 0.6 is 0 Å². The Labute approximate surface area is 84.4 Å². The zero-order valence-electron chi connectivity index (χ0n) is 8.77. The first-order valence-electron chi connectivity index (χ1n) is 5.64. The molecule has 14 heavy (non-hydrogen) atoms. The fourth-order valence-corrected chi connectivity index (χ4v) is 2.86. The van der Waals surface area contributed by atoms with E-state index in [1.807, 2.05) is 0 Å². The van der Waals surface area contributed by atoms with Crippen LogP contribution in [-0.2, 0) is 9.47 Å². The van der Waals surface area contributed by atoms with Crippen LogP contribution in [0.15, 0.2) is 0 Å². The summed E-state index contributed by atoms with van der Waals surface area (Å²) < 4.78 is 11.5. The lowest BCUT2D eigenvalue weighted by molar-refractivity contribution is -0.184. The van der Waals surface area contributed by atoms with Gasteiger partial charge in [0.15, 0.2) is 6.29 Å². The number of aliphatic hydroxyl groups is 1. The second-order valence-corrected chi connectivity index (χ2v) is 5.31. The minimum Gasteiger partial charge on any atom is -0.388 e. The molecule has 1 spiro atoms. The number of aliphatic hydroxyl groups excluding tert-OH is 1. The molecule has 2 saturated heterocycles. The smallest absolute Gasteiger partial charge is 0.184 e. The molecule has 1 saturated carbocycles. The number of ether oxygens (including phenoxy) is 2. The molecule has 1 aliphatic carbocycles. The van der Waals surface area contributed by atoms with E-state index >= 15 is 0 Å². The van der Waals surface area contributed by atoms with Crippen LogP contribution in [0.2, 0.25) is 0 Å². The Morgan fingerprint density at radius 3 is 2.64 bits per heavy atom. The summed E-state index contributed by atoms with van der Waals surface area (Å²) in [6.45, 7) is 4.33. The van der Waals surface area contributed by atoms with E-state index in [9.17, 15) is 5.11 Å². The van der Waals surface area contributed by atoms with Crippen molar-refractivity contribution in [3.05, 3.63) is 0 Å². The van der Waals surface area contributed by atoms with Gasteiger partial charge in [-0.25, -0.2) is 0 Å². The molecule has 0 aromatic heterocycles. The molecule has 2 aliphatic heterocycles. The Morgan fingerprint density at radius 2 is 2.07 bits per heavy atom. The maximum Gasteiger partial charge on any atom is 0.184 e. The minimum absolute atomic E-state index is 0.00921. The minimum atomic E-state index is -0.425. The van der Waals surface area contributed by atoms with Gasteiger partial charge in [-0.05, 0) is 31.1 Å². The zero-order chi connectivity index (χ0) is 9.92. The van der Waals surface area contributed by atoms with Crippen LogP contribution in [0, 0.1) is 11.8 Å². The van der Waals surface area contributed by atoms with E-state index in [-0.39, 0.29) is 18.0 Å². The molecule has 3 nitrogen and oxygen atoms in total. The Balaban J connectivity index is 1.83. The summed E-state index contributed by atoms with van der Waals surface area (Å²) in [7, 11) is 0. The molecule has 4 atom stereocenters. The van der Waals surface area contributed by atoms with Gasteiger partial charge in [-0.1, -0.05) is 13.8 Å². The molecule has 3 aliphatic rings. The van der Waals surface area contributed by atoms with Crippen LogP contribution in [0.3, 0.4) is 0 Å². The van der Waals surface area contributed by atoms with Crippen molar-refractivity contribution in [2.45, 2.75) is 57.2 Å². The highest BCUT2D eigenvalue weighted by Gasteiger charge is 2.63. The van der Waals surface area contributed by atoms with Crippen molar-refractivity contribution in [3.63, 3.8) is 0 Å². The highest BCUT2D eigenvalue weighted by Crippen LogP contribution is 2.55. The van der Waals surface area contributed by atoms with E-state index in [1.165, 1.54) is 0 Å². The topological polar surface area (TPSA) is 38.7 Å². The van der Waals surface area contributed by atoms with Gasteiger partial charge in [0, 0.05) is 0 Å². The quantitative estimate of drug-likeness (QED) is 0.690. The second kappa shape index (κ2) is 2.71. The Kier molecular flexibility index (Phi) is 1.77. The average molecular weight is 198 g/mol. The first-order chi connectivity index (χ1) is 6.62. The molecule has 0 aromatic rings. The average Bonchev–Trinajstić information content (AvgIpc) is 2.80.